The molecule has 0 amide bonds. The van der Waals surface area contributed by atoms with Gasteiger partial charge in [-0.2, -0.15) is 41.8 Å². The lowest BCUT2D eigenvalue weighted by molar-refractivity contribution is -0.143. The molecule has 0 aliphatic carbocycles. The third kappa shape index (κ3) is 6.18. The number of hydrogen-bond acceptors (Lipinski definition) is 5. The molecule has 4 atom stereocenters. The second kappa shape index (κ2) is 11.6. The van der Waals surface area contributed by atoms with E-state index in [0.717, 1.165) is 34.0 Å². The maximum absolute atomic E-state index is 13.5. The Labute approximate surface area is 248 Å². The Hall–Kier alpha value is -3.35. The van der Waals surface area contributed by atoms with Crippen molar-refractivity contribution in [3.63, 3.8) is 0 Å². The summed E-state index contributed by atoms with van der Waals surface area (Å²) >= 11 is 1.66. The van der Waals surface area contributed by atoms with Crippen molar-refractivity contribution >= 4 is 11.8 Å². The average Bonchev–Trinajstić information content (AvgIpc) is 3.58. The first kappa shape index (κ1) is 29.7. The number of H-pyrrole nitrogens is 1. The zero-order chi connectivity index (χ0) is 30.2. The third-order valence-electron chi connectivity index (χ3n) is 8.27. The summed E-state index contributed by atoms with van der Waals surface area (Å²) < 4.78 is 87.0. The first-order valence-electron chi connectivity index (χ1n) is 13.8. The molecule has 3 heterocycles. The molecule has 2 fully saturated rings. The number of ether oxygens (including phenoxy) is 1. The Kier molecular flexibility index (Phi) is 8.03. The fourth-order valence-electron chi connectivity index (χ4n) is 6.32. The number of nitrogens with zero attached hydrogens (tertiary/aromatic N) is 2. The van der Waals surface area contributed by atoms with Crippen molar-refractivity contribution in [3.05, 3.63) is 113 Å². The summed E-state index contributed by atoms with van der Waals surface area (Å²) in [7, 11) is 0. The highest BCUT2D eigenvalue weighted by molar-refractivity contribution is 7.98. The lowest BCUT2D eigenvalue weighted by atomic mass is 9.79. The molecule has 2 bridgehead atoms. The van der Waals surface area contributed by atoms with E-state index in [1.165, 1.54) is 0 Å². The molecule has 0 radical (unpaired) electrons. The van der Waals surface area contributed by atoms with Crippen LogP contribution in [0.3, 0.4) is 0 Å². The summed E-state index contributed by atoms with van der Waals surface area (Å²) in [6.07, 6.45) is -8.51. The van der Waals surface area contributed by atoms with E-state index in [4.69, 9.17) is 4.74 Å². The Morgan fingerprint density at radius 1 is 0.837 bits per heavy atom. The predicted molar refractivity (Wildman–Crippen MR) is 149 cm³/mol. The van der Waals surface area contributed by atoms with Crippen LogP contribution in [0.1, 0.15) is 58.8 Å². The van der Waals surface area contributed by atoms with Crippen LogP contribution in [0.4, 0.5) is 26.3 Å². The number of aromatic nitrogens is 3. The van der Waals surface area contributed by atoms with Gasteiger partial charge in [-0.25, -0.2) is 0 Å². The number of nitrogens with one attached hydrogen (secondary N) is 2. The van der Waals surface area contributed by atoms with Crippen LogP contribution < -0.4 is 5.32 Å². The van der Waals surface area contributed by atoms with Crippen LogP contribution in [0, 0.1) is 0 Å². The molecule has 4 aromatic rings. The zero-order valence-corrected chi connectivity index (χ0v) is 23.6. The molecule has 2 aliphatic rings. The molecule has 43 heavy (non-hydrogen) atoms. The number of halogens is 6. The molecular weight excluding hydrogens is 590 g/mol. The smallest absolute Gasteiger partial charge is 0.371 e. The van der Waals surface area contributed by atoms with Crippen LogP contribution in [0.15, 0.2) is 83.8 Å². The van der Waals surface area contributed by atoms with E-state index in [2.05, 4.69) is 20.7 Å². The molecule has 2 N–H and O–H groups in total. The summed E-state index contributed by atoms with van der Waals surface area (Å²) in [4.78, 5) is 1.11. The number of piperidine rings is 1. The van der Waals surface area contributed by atoms with Crippen LogP contribution in [0.2, 0.25) is 0 Å². The second-order valence-corrected chi connectivity index (χ2v) is 12.0. The number of hydrogen-bond donors (Lipinski definition) is 2. The van der Waals surface area contributed by atoms with E-state index in [-0.39, 0.29) is 23.6 Å². The molecular formula is C31H28F6N4OS. The van der Waals surface area contributed by atoms with Gasteiger partial charge in [0.1, 0.15) is 0 Å². The van der Waals surface area contributed by atoms with Crippen molar-refractivity contribution in [3.8, 4) is 0 Å². The van der Waals surface area contributed by atoms with Gasteiger partial charge in [-0.05, 0) is 60.7 Å². The molecule has 2 saturated heterocycles. The molecule has 0 saturated carbocycles. The highest BCUT2D eigenvalue weighted by atomic mass is 32.2. The van der Waals surface area contributed by atoms with Gasteiger partial charge < -0.3 is 10.1 Å². The molecule has 5 nitrogen and oxygen atoms in total. The number of thioether (sulfide) groups is 1. The lowest BCUT2D eigenvalue weighted by Gasteiger charge is -2.42. The SMILES string of the molecule is FC(F)(F)c1cc(CO[C@@H]2CC[C@@H]3N[C@@]2(c2ccccc2)C[C@H]3c2n[nH]nc2CSc2ccccc2)cc(C(F)(F)F)c1. The maximum Gasteiger partial charge on any atom is 0.416 e. The first-order valence-corrected chi connectivity index (χ1v) is 14.8. The Bertz CT molecular complexity index is 1510. The minimum absolute atomic E-state index is 0.0238. The van der Waals surface area contributed by atoms with Crippen LogP contribution in [-0.4, -0.2) is 27.6 Å². The van der Waals surface area contributed by atoms with Crippen LogP contribution in [0.25, 0.3) is 0 Å². The molecule has 226 valence electrons. The zero-order valence-electron chi connectivity index (χ0n) is 22.8. The van der Waals surface area contributed by atoms with Crippen LogP contribution in [-0.2, 0) is 35.0 Å². The summed E-state index contributed by atoms with van der Waals surface area (Å²) in [5, 5.41) is 15.5. The Morgan fingerprint density at radius 3 is 2.14 bits per heavy atom. The maximum atomic E-state index is 13.5. The fourth-order valence-corrected chi connectivity index (χ4v) is 7.19. The van der Waals surface area contributed by atoms with E-state index in [9.17, 15) is 26.3 Å². The van der Waals surface area contributed by atoms with E-state index in [1.807, 2.05) is 60.7 Å². The van der Waals surface area contributed by atoms with Gasteiger partial charge in [0.05, 0.1) is 40.8 Å². The van der Waals surface area contributed by atoms with Gasteiger partial charge in [0.2, 0.25) is 0 Å². The quantitative estimate of drug-likeness (QED) is 0.156. The van der Waals surface area contributed by atoms with Crippen LogP contribution in [0.5, 0.6) is 0 Å². The lowest BCUT2D eigenvalue weighted by Crippen LogP contribution is -2.54. The van der Waals surface area contributed by atoms with Crippen molar-refractivity contribution in [1.29, 1.82) is 0 Å². The fraction of sp³-hybridized carbons (Fsp3) is 0.355. The van der Waals surface area contributed by atoms with Crippen molar-refractivity contribution in [1.82, 2.24) is 20.7 Å². The molecule has 0 unspecified atom stereocenters. The minimum Gasteiger partial charge on any atom is -0.371 e. The van der Waals surface area contributed by atoms with Gasteiger partial charge in [0.15, 0.2) is 0 Å². The monoisotopic (exact) mass is 618 g/mol. The molecule has 12 heteroatoms. The van der Waals surface area contributed by atoms with Gasteiger partial charge >= 0.3 is 12.4 Å². The molecule has 1 aromatic heterocycles. The van der Waals surface area contributed by atoms with Crippen molar-refractivity contribution < 1.29 is 31.1 Å². The van der Waals surface area contributed by atoms with Gasteiger partial charge in [-0.15, -0.1) is 11.8 Å². The van der Waals surface area contributed by atoms with E-state index >= 15 is 0 Å². The topological polar surface area (TPSA) is 62.8 Å². The normalized spacial score (nSPS) is 23.9. The largest absolute Gasteiger partial charge is 0.416 e. The number of benzene rings is 3. The molecule has 3 aromatic carbocycles. The number of fused-ring (bicyclic) bond motifs is 2. The van der Waals surface area contributed by atoms with E-state index < -0.39 is 41.7 Å². The number of rotatable bonds is 8. The Morgan fingerprint density at radius 2 is 1.49 bits per heavy atom. The minimum atomic E-state index is -4.92. The number of alkyl halides is 6. The summed E-state index contributed by atoms with van der Waals surface area (Å²) in [6, 6.07) is 21.2. The van der Waals surface area contributed by atoms with Gasteiger partial charge in [0.25, 0.3) is 0 Å². The second-order valence-electron chi connectivity index (χ2n) is 10.9. The standard InChI is InChI=1S/C31H28F6N4OS/c32-30(33,34)21-13-19(14-22(15-21)31(35,36)37)17-42-27-12-11-25-24(16-29(27,38-25)20-7-3-1-4-8-20)28-26(39-41-40-28)18-43-23-9-5-2-6-10-23/h1-10,13-15,24-25,27,38H,11-12,16-18H2,(H,39,40,41)/t24-,25+,27-,29-/m1/s1. The van der Waals surface area contributed by atoms with E-state index in [1.54, 1.807) is 11.8 Å². The van der Waals surface area contributed by atoms with Crippen molar-refractivity contribution in [2.24, 2.45) is 0 Å². The van der Waals surface area contributed by atoms with Gasteiger partial charge in [0, 0.05) is 22.6 Å². The summed E-state index contributed by atoms with van der Waals surface area (Å²) in [6.45, 7) is -0.397. The van der Waals surface area contributed by atoms with Gasteiger partial charge in [-0.3, -0.25) is 0 Å². The molecule has 2 aliphatic heterocycles. The van der Waals surface area contributed by atoms with Crippen molar-refractivity contribution in [2.75, 3.05) is 0 Å². The Balaban J connectivity index is 1.27. The van der Waals surface area contributed by atoms with Crippen LogP contribution >= 0.6 is 11.8 Å². The summed E-state index contributed by atoms with van der Waals surface area (Å²) in [5.41, 5.74) is -0.965. The summed E-state index contributed by atoms with van der Waals surface area (Å²) in [5.74, 6) is 0.596. The highest BCUT2D eigenvalue weighted by Gasteiger charge is 2.55. The highest BCUT2D eigenvalue weighted by Crippen LogP contribution is 2.51. The van der Waals surface area contributed by atoms with E-state index in [0.29, 0.717) is 25.0 Å². The molecule has 0 spiro atoms. The predicted octanol–water partition coefficient (Wildman–Crippen LogP) is 7.85. The first-order chi connectivity index (χ1) is 20.5. The third-order valence-corrected chi connectivity index (χ3v) is 9.29. The van der Waals surface area contributed by atoms with Gasteiger partial charge in [-0.1, -0.05) is 48.5 Å². The number of aromatic amines is 1. The average molecular weight is 619 g/mol. The molecule has 6 rings (SSSR count). The van der Waals surface area contributed by atoms with Crippen molar-refractivity contribution in [2.45, 2.75) is 72.5 Å².